The first-order chi connectivity index (χ1) is 9.97. The Hall–Kier alpha value is -0.670. The van der Waals surface area contributed by atoms with Gasteiger partial charge in [0, 0.05) is 34.3 Å². The monoisotopic (exact) mass is 392 g/mol. The second-order valence-corrected chi connectivity index (χ2v) is 8.16. The second-order valence-electron chi connectivity index (χ2n) is 4.53. The number of nitrogens with zero attached hydrogens (tertiary/aromatic N) is 1. The minimum Gasteiger partial charge on any atom is -0.390 e. The van der Waals surface area contributed by atoms with Crippen molar-refractivity contribution in [1.82, 2.24) is 9.29 Å². The summed E-state index contributed by atoms with van der Waals surface area (Å²) in [6.07, 6.45) is 2.44. The Balaban J connectivity index is 2.17. The molecule has 0 amide bonds. The molecule has 0 saturated heterocycles. The molecule has 0 aliphatic heterocycles. The lowest BCUT2D eigenvalue weighted by molar-refractivity contribution is 0.270. The molecule has 0 saturated carbocycles. The van der Waals surface area contributed by atoms with Crippen molar-refractivity contribution in [2.75, 3.05) is 0 Å². The van der Waals surface area contributed by atoms with E-state index in [9.17, 15) is 13.5 Å². The molecule has 0 radical (unpaired) electrons. The fraction of sp³-hybridized carbons (Fsp3) is 0.385. The van der Waals surface area contributed by atoms with E-state index in [1.807, 2.05) is 18.4 Å². The third-order valence-electron chi connectivity index (χ3n) is 3.01. The van der Waals surface area contributed by atoms with Gasteiger partial charge in [-0.2, -0.15) is 0 Å². The number of aliphatic hydroxyl groups is 1. The molecular weight excluding hydrogens is 376 g/mol. The normalized spacial score (nSPS) is 12.0. The molecule has 21 heavy (non-hydrogen) atoms. The third kappa shape index (κ3) is 3.95. The van der Waals surface area contributed by atoms with Gasteiger partial charge in [-0.3, -0.25) is 0 Å². The maximum atomic E-state index is 12.3. The van der Waals surface area contributed by atoms with Gasteiger partial charge in [-0.05, 0) is 39.9 Å². The lowest BCUT2D eigenvalue weighted by Crippen LogP contribution is -2.22. The van der Waals surface area contributed by atoms with Crippen molar-refractivity contribution in [3.05, 3.63) is 38.8 Å². The standard InChI is InChI=1S/C13H17BrN2O3S2/c1-2-4-16-8-11(6-10(16)9-17)21(18,19)15-7-13-12(14)3-5-20-13/h3,5-6,8,15,17H,2,4,7,9H2,1H3. The topological polar surface area (TPSA) is 71.3 Å². The van der Waals surface area contributed by atoms with E-state index in [0.717, 1.165) is 15.8 Å². The highest BCUT2D eigenvalue weighted by atomic mass is 79.9. The van der Waals surface area contributed by atoms with E-state index in [-0.39, 0.29) is 18.0 Å². The van der Waals surface area contributed by atoms with E-state index in [1.165, 1.54) is 17.4 Å². The van der Waals surface area contributed by atoms with Gasteiger partial charge in [0.2, 0.25) is 10.0 Å². The number of rotatable bonds is 7. The average molecular weight is 393 g/mol. The van der Waals surface area contributed by atoms with Gasteiger partial charge in [0.15, 0.2) is 0 Å². The first-order valence-corrected chi connectivity index (χ1v) is 9.65. The van der Waals surface area contributed by atoms with Crippen molar-refractivity contribution in [2.45, 2.75) is 37.9 Å². The van der Waals surface area contributed by atoms with Crippen LogP contribution >= 0.6 is 27.3 Å². The lowest BCUT2D eigenvalue weighted by Gasteiger charge is -2.04. The Morgan fingerprint density at radius 2 is 2.24 bits per heavy atom. The molecule has 0 spiro atoms. The van der Waals surface area contributed by atoms with Crippen molar-refractivity contribution in [3.8, 4) is 0 Å². The molecule has 116 valence electrons. The Labute approximate surface area is 136 Å². The van der Waals surface area contributed by atoms with Crippen LogP contribution in [0, 0.1) is 0 Å². The van der Waals surface area contributed by atoms with Gasteiger partial charge in [-0.1, -0.05) is 6.92 Å². The highest BCUT2D eigenvalue weighted by molar-refractivity contribution is 9.10. The molecule has 2 aromatic rings. The van der Waals surface area contributed by atoms with Crippen molar-refractivity contribution >= 4 is 37.3 Å². The summed E-state index contributed by atoms with van der Waals surface area (Å²) in [7, 11) is -3.58. The number of hydrogen-bond donors (Lipinski definition) is 2. The third-order valence-corrected chi connectivity index (χ3v) is 6.31. The quantitative estimate of drug-likeness (QED) is 0.760. The van der Waals surface area contributed by atoms with E-state index < -0.39 is 10.0 Å². The highest BCUT2D eigenvalue weighted by Crippen LogP contribution is 2.23. The summed E-state index contributed by atoms with van der Waals surface area (Å²) in [5, 5.41) is 11.2. The minimum absolute atomic E-state index is 0.175. The Morgan fingerprint density at radius 1 is 1.48 bits per heavy atom. The number of aryl methyl sites for hydroxylation is 1. The summed E-state index contributed by atoms with van der Waals surface area (Å²) in [5.74, 6) is 0. The summed E-state index contributed by atoms with van der Waals surface area (Å²) in [5.41, 5.74) is 0.606. The molecule has 0 atom stereocenters. The summed E-state index contributed by atoms with van der Waals surface area (Å²) >= 11 is 4.86. The van der Waals surface area contributed by atoms with Crippen LogP contribution in [-0.4, -0.2) is 18.1 Å². The second kappa shape index (κ2) is 7.06. The van der Waals surface area contributed by atoms with Crippen molar-refractivity contribution in [1.29, 1.82) is 0 Å². The first kappa shape index (κ1) is 16.7. The van der Waals surface area contributed by atoms with Crippen LogP contribution in [0.3, 0.4) is 0 Å². The van der Waals surface area contributed by atoms with Crippen molar-refractivity contribution in [2.24, 2.45) is 0 Å². The number of aromatic nitrogens is 1. The molecule has 2 N–H and O–H groups in total. The lowest BCUT2D eigenvalue weighted by atomic mass is 10.4. The zero-order valence-corrected chi connectivity index (χ0v) is 14.8. The first-order valence-electron chi connectivity index (χ1n) is 6.49. The van der Waals surface area contributed by atoms with Crippen LogP contribution in [0.15, 0.2) is 33.1 Å². The molecule has 0 aliphatic rings. The van der Waals surface area contributed by atoms with E-state index in [2.05, 4.69) is 20.7 Å². The maximum absolute atomic E-state index is 12.3. The maximum Gasteiger partial charge on any atom is 0.242 e. The predicted molar refractivity (Wildman–Crippen MR) is 86.7 cm³/mol. The van der Waals surface area contributed by atoms with Crippen LogP contribution in [0.1, 0.15) is 23.9 Å². The molecule has 5 nitrogen and oxygen atoms in total. The molecule has 2 heterocycles. The van der Waals surface area contributed by atoms with Gasteiger partial charge in [-0.25, -0.2) is 13.1 Å². The van der Waals surface area contributed by atoms with Crippen LogP contribution < -0.4 is 4.72 Å². The van der Waals surface area contributed by atoms with Gasteiger partial charge in [-0.15, -0.1) is 11.3 Å². The number of halogens is 1. The average Bonchev–Trinajstić information content (AvgIpc) is 3.04. The van der Waals surface area contributed by atoms with E-state index in [0.29, 0.717) is 12.2 Å². The van der Waals surface area contributed by atoms with Crippen LogP contribution in [0.2, 0.25) is 0 Å². The van der Waals surface area contributed by atoms with E-state index >= 15 is 0 Å². The number of sulfonamides is 1. The summed E-state index contributed by atoms with van der Waals surface area (Å²) < 4.78 is 29.9. The van der Waals surface area contributed by atoms with Crippen molar-refractivity contribution in [3.63, 3.8) is 0 Å². The minimum atomic E-state index is -3.58. The van der Waals surface area contributed by atoms with E-state index in [4.69, 9.17) is 0 Å². The summed E-state index contributed by atoms with van der Waals surface area (Å²) in [4.78, 5) is 1.11. The van der Waals surface area contributed by atoms with Crippen molar-refractivity contribution < 1.29 is 13.5 Å². The fourth-order valence-electron chi connectivity index (χ4n) is 1.95. The van der Waals surface area contributed by atoms with Crippen LogP contribution in [0.5, 0.6) is 0 Å². The number of aliphatic hydroxyl groups excluding tert-OH is 1. The summed E-state index contributed by atoms with van der Waals surface area (Å²) in [6, 6.07) is 3.40. The number of thiophene rings is 1. The zero-order chi connectivity index (χ0) is 15.5. The molecule has 2 rings (SSSR count). The molecule has 0 aliphatic carbocycles. The molecular formula is C13H17BrN2O3S2. The predicted octanol–water partition coefficient (Wildman–Crippen LogP) is 2.69. The summed E-state index contributed by atoms with van der Waals surface area (Å²) in [6.45, 7) is 2.75. The zero-order valence-electron chi connectivity index (χ0n) is 11.5. The van der Waals surface area contributed by atoms with Gasteiger partial charge in [0.05, 0.1) is 11.5 Å². The Morgan fingerprint density at radius 3 is 2.81 bits per heavy atom. The Bertz CT molecular complexity index is 707. The van der Waals surface area contributed by atoms with Crippen LogP contribution in [0.4, 0.5) is 0 Å². The molecule has 2 aromatic heterocycles. The number of hydrogen-bond acceptors (Lipinski definition) is 4. The van der Waals surface area contributed by atoms with Crippen LogP contribution in [0.25, 0.3) is 0 Å². The Kier molecular flexibility index (Phi) is 5.61. The van der Waals surface area contributed by atoms with Gasteiger partial charge in [0.1, 0.15) is 0 Å². The SMILES string of the molecule is CCCn1cc(S(=O)(=O)NCc2sccc2Br)cc1CO. The molecule has 8 heteroatoms. The van der Waals surface area contributed by atoms with Crippen LogP contribution in [-0.2, 0) is 29.7 Å². The van der Waals surface area contributed by atoms with Gasteiger partial charge < -0.3 is 9.67 Å². The largest absolute Gasteiger partial charge is 0.390 e. The molecule has 0 fully saturated rings. The molecule has 0 bridgehead atoms. The molecule has 0 aromatic carbocycles. The number of nitrogens with one attached hydrogen (secondary N) is 1. The smallest absolute Gasteiger partial charge is 0.242 e. The van der Waals surface area contributed by atoms with Gasteiger partial charge in [0.25, 0.3) is 0 Å². The fourth-order valence-corrected chi connectivity index (χ4v) is 4.53. The highest BCUT2D eigenvalue weighted by Gasteiger charge is 2.18. The molecule has 0 unspecified atom stereocenters. The van der Waals surface area contributed by atoms with E-state index in [1.54, 1.807) is 10.8 Å². The van der Waals surface area contributed by atoms with Gasteiger partial charge >= 0.3 is 0 Å².